The summed E-state index contributed by atoms with van der Waals surface area (Å²) in [6.45, 7) is 7.35. The highest BCUT2D eigenvalue weighted by atomic mass is 35.5. The molecule has 0 bridgehead atoms. The maximum Gasteiger partial charge on any atom is 0.123 e. The first kappa shape index (κ1) is 13.7. The van der Waals surface area contributed by atoms with Crippen molar-refractivity contribution in [1.29, 1.82) is 0 Å². The van der Waals surface area contributed by atoms with E-state index >= 15 is 0 Å². The molecule has 1 aromatic carbocycles. The lowest BCUT2D eigenvalue weighted by Gasteiger charge is -2.35. The molecule has 0 spiro atoms. The number of benzene rings is 1. The van der Waals surface area contributed by atoms with E-state index in [0.29, 0.717) is 5.88 Å². The summed E-state index contributed by atoms with van der Waals surface area (Å²) in [5, 5.41) is 0. The quantitative estimate of drug-likeness (QED) is 0.777. The molecule has 0 radical (unpaired) electrons. The molecule has 1 heterocycles. The van der Waals surface area contributed by atoms with Crippen LogP contribution < -0.4 is 4.74 Å². The van der Waals surface area contributed by atoms with Gasteiger partial charge in [0.2, 0.25) is 0 Å². The van der Waals surface area contributed by atoms with Crippen molar-refractivity contribution in [2.24, 2.45) is 0 Å². The Morgan fingerprint density at radius 1 is 1.44 bits per heavy atom. The topological polar surface area (TPSA) is 12.5 Å². The summed E-state index contributed by atoms with van der Waals surface area (Å²) in [7, 11) is 2.11. The second-order valence-corrected chi connectivity index (χ2v) is 6.15. The average Bonchev–Trinajstić information content (AvgIpc) is 2.70. The summed E-state index contributed by atoms with van der Waals surface area (Å²) in [5.74, 6) is 1.67. The van der Waals surface area contributed by atoms with Gasteiger partial charge in [0.25, 0.3) is 0 Å². The van der Waals surface area contributed by atoms with E-state index in [9.17, 15) is 0 Å². The minimum atomic E-state index is 0.00953. The molecular formula is C15H22ClNO. The molecule has 18 heavy (non-hydrogen) atoms. The minimum absolute atomic E-state index is 0.00953. The van der Waals surface area contributed by atoms with Crippen LogP contribution in [-0.4, -0.2) is 36.0 Å². The van der Waals surface area contributed by atoms with Crippen LogP contribution in [0.3, 0.4) is 0 Å². The van der Waals surface area contributed by atoms with Crippen LogP contribution in [-0.2, 0) is 6.42 Å². The summed E-state index contributed by atoms with van der Waals surface area (Å²) in [5.41, 5.74) is 2.64. The molecule has 1 aliphatic rings. The number of ether oxygens (including phenoxy) is 1. The number of fused-ring (bicyclic) bond motifs is 1. The van der Waals surface area contributed by atoms with Crippen molar-refractivity contribution in [2.75, 3.05) is 19.5 Å². The fourth-order valence-corrected chi connectivity index (χ4v) is 2.41. The number of nitrogens with zero attached hydrogens (tertiary/aromatic N) is 1. The molecule has 0 aromatic heterocycles. The zero-order valence-corrected chi connectivity index (χ0v) is 12.4. The second kappa shape index (κ2) is 5.10. The highest BCUT2D eigenvalue weighted by Crippen LogP contribution is 2.30. The lowest BCUT2D eigenvalue weighted by atomic mass is 10.0. The van der Waals surface area contributed by atoms with E-state index in [0.717, 1.165) is 18.7 Å². The standard InChI is InChI=1S/C15H22ClNO/c1-11-5-6-14-12(7-11)8-13(18-14)9-17(4)15(2,3)10-16/h5-7,13H,8-10H2,1-4H3. The molecule has 0 amide bonds. The molecule has 1 aliphatic heterocycles. The van der Waals surface area contributed by atoms with Gasteiger partial charge in [0.15, 0.2) is 0 Å². The molecule has 0 fully saturated rings. The van der Waals surface area contributed by atoms with E-state index in [1.807, 2.05) is 0 Å². The van der Waals surface area contributed by atoms with Crippen molar-refractivity contribution in [3.8, 4) is 5.75 Å². The molecule has 2 rings (SSSR count). The first-order chi connectivity index (χ1) is 8.42. The molecular weight excluding hydrogens is 246 g/mol. The fraction of sp³-hybridized carbons (Fsp3) is 0.600. The highest BCUT2D eigenvalue weighted by Gasteiger charge is 2.29. The SMILES string of the molecule is Cc1ccc2c(c1)CC(CN(C)C(C)(C)CCl)O2. The molecule has 0 N–H and O–H groups in total. The molecule has 1 unspecified atom stereocenters. The summed E-state index contributed by atoms with van der Waals surface area (Å²) < 4.78 is 5.99. The van der Waals surface area contributed by atoms with Crippen LogP contribution in [0.4, 0.5) is 0 Å². The second-order valence-electron chi connectivity index (χ2n) is 5.88. The monoisotopic (exact) mass is 267 g/mol. The summed E-state index contributed by atoms with van der Waals surface area (Å²) in [6, 6.07) is 6.41. The van der Waals surface area contributed by atoms with Gasteiger partial charge < -0.3 is 4.74 Å². The van der Waals surface area contributed by atoms with E-state index in [1.54, 1.807) is 0 Å². The van der Waals surface area contributed by atoms with Crippen LogP contribution in [0.25, 0.3) is 0 Å². The summed E-state index contributed by atoms with van der Waals surface area (Å²) in [4.78, 5) is 2.28. The Morgan fingerprint density at radius 2 is 2.17 bits per heavy atom. The average molecular weight is 268 g/mol. The molecule has 1 aromatic rings. The highest BCUT2D eigenvalue weighted by molar-refractivity contribution is 6.18. The first-order valence-electron chi connectivity index (χ1n) is 6.46. The van der Waals surface area contributed by atoms with E-state index in [4.69, 9.17) is 16.3 Å². The fourth-order valence-electron chi connectivity index (χ4n) is 2.21. The summed E-state index contributed by atoms with van der Waals surface area (Å²) in [6.07, 6.45) is 1.24. The zero-order valence-electron chi connectivity index (χ0n) is 11.7. The molecule has 1 atom stereocenters. The Kier molecular flexibility index (Phi) is 3.88. The van der Waals surface area contributed by atoms with Gasteiger partial charge in [0.05, 0.1) is 0 Å². The number of halogens is 1. The van der Waals surface area contributed by atoms with Crippen molar-refractivity contribution >= 4 is 11.6 Å². The third-order valence-corrected chi connectivity index (χ3v) is 4.45. The van der Waals surface area contributed by atoms with Crippen LogP contribution in [0.1, 0.15) is 25.0 Å². The van der Waals surface area contributed by atoms with Gasteiger partial charge in [-0.1, -0.05) is 17.7 Å². The van der Waals surface area contributed by atoms with Gasteiger partial charge in [-0.05, 0) is 39.4 Å². The van der Waals surface area contributed by atoms with E-state index in [2.05, 4.69) is 50.9 Å². The Bertz CT molecular complexity index is 431. The number of hydrogen-bond donors (Lipinski definition) is 0. The zero-order chi connectivity index (χ0) is 13.3. The van der Waals surface area contributed by atoms with Crippen molar-refractivity contribution in [3.63, 3.8) is 0 Å². The predicted molar refractivity (Wildman–Crippen MR) is 76.7 cm³/mol. The molecule has 100 valence electrons. The van der Waals surface area contributed by atoms with Crippen molar-refractivity contribution in [3.05, 3.63) is 29.3 Å². The van der Waals surface area contributed by atoms with Gasteiger partial charge in [-0.3, -0.25) is 4.90 Å². The van der Waals surface area contributed by atoms with Crippen LogP contribution in [0.5, 0.6) is 5.75 Å². The largest absolute Gasteiger partial charge is 0.488 e. The molecule has 2 nitrogen and oxygen atoms in total. The molecule has 0 aliphatic carbocycles. The Hall–Kier alpha value is -0.730. The predicted octanol–water partition coefficient (Wildman–Crippen LogP) is 3.25. The maximum atomic E-state index is 6.00. The minimum Gasteiger partial charge on any atom is -0.488 e. The van der Waals surface area contributed by atoms with Gasteiger partial charge in [-0.2, -0.15) is 0 Å². The number of likely N-dealkylation sites (N-methyl/N-ethyl adjacent to an activating group) is 1. The normalized spacial score (nSPS) is 18.9. The lowest BCUT2D eigenvalue weighted by molar-refractivity contribution is 0.107. The third-order valence-electron chi connectivity index (χ3n) is 3.80. The van der Waals surface area contributed by atoms with Crippen LogP contribution in [0.15, 0.2) is 18.2 Å². The van der Waals surface area contributed by atoms with Gasteiger partial charge in [0.1, 0.15) is 11.9 Å². The lowest BCUT2D eigenvalue weighted by Crippen LogP contribution is -2.47. The van der Waals surface area contributed by atoms with Crippen molar-refractivity contribution < 1.29 is 4.74 Å². The first-order valence-corrected chi connectivity index (χ1v) is 6.99. The van der Waals surface area contributed by atoms with E-state index < -0.39 is 0 Å². The smallest absolute Gasteiger partial charge is 0.123 e. The van der Waals surface area contributed by atoms with Gasteiger partial charge in [-0.15, -0.1) is 11.6 Å². The van der Waals surface area contributed by atoms with Gasteiger partial charge in [-0.25, -0.2) is 0 Å². The van der Waals surface area contributed by atoms with Crippen LogP contribution in [0.2, 0.25) is 0 Å². The Morgan fingerprint density at radius 3 is 2.83 bits per heavy atom. The molecule has 0 saturated heterocycles. The van der Waals surface area contributed by atoms with Crippen molar-refractivity contribution in [2.45, 2.75) is 38.8 Å². The maximum absolute atomic E-state index is 6.00. The van der Waals surface area contributed by atoms with Gasteiger partial charge >= 0.3 is 0 Å². The van der Waals surface area contributed by atoms with Crippen molar-refractivity contribution in [1.82, 2.24) is 4.90 Å². The van der Waals surface area contributed by atoms with Gasteiger partial charge in [0, 0.05) is 24.4 Å². The molecule has 0 saturated carbocycles. The van der Waals surface area contributed by atoms with Crippen LogP contribution in [0, 0.1) is 6.92 Å². The van der Waals surface area contributed by atoms with E-state index in [1.165, 1.54) is 11.1 Å². The van der Waals surface area contributed by atoms with E-state index in [-0.39, 0.29) is 11.6 Å². The number of aryl methyl sites for hydroxylation is 1. The number of hydrogen-bond acceptors (Lipinski definition) is 2. The number of rotatable bonds is 4. The Labute approximate surface area is 115 Å². The third kappa shape index (κ3) is 2.81. The Balaban J connectivity index is 2.00. The number of alkyl halides is 1. The molecule has 3 heteroatoms. The summed E-state index contributed by atoms with van der Waals surface area (Å²) >= 11 is 6.00. The van der Waals surface area contributed by atoms with Crippen LogP contribution >= 0.6 is 11.6 Å².